The number of nitrogens with zero attached hydrogens (tertiary/aromatic N) is 3. The summed E-state index contributed by atoms with van der Waals surface area (Å²) in [6.07, 6.45) is 0. The number of nitrogens with two attached hydrogens (primary N) is 1. The Morgan fingerprint density at radius 2 is 1.56 bits per heavy atom. The second-order valence-electron chi connectivity index (χ2n) is 6.72. The van der Waals surface area contributed by atoms with E-state index >= 15 is 0 Å². The van der Waals surface area contributed by atoms with Crippen LogP contribution in [0, 0.1) is 0 Å². The minimum Gasteiger partial charge on any atom is -0.389 e. The van der Waals surface area contributed by atoms with Crippen LogP contribution in [0.3, 0.4) is 0 Å². The summed E-state index contributed by atoms with van der Waals surface area (Å²) in [4.78, 5) is 25.0. The Balaban J connectivity index is 0.000000307. The second kappa shape index (κ2) is 7.18. The van der Waals surface area contributed by atoms with Crippen LogP contribution in [-0.4, -0.2) is 49.4 Å². The summed E-state index contributed by atoms with van der Waals surface area (Å²) in [5.41, 5.74) is 6.68. The number of fused-ring (bicyclic) bond motifs is 2. The van der Waals surface area contributed by atoms with Crippen molar-refractivity contribution in [3.63, 3.8) is 0 Å². The highest BCUT2D eigenvalue weighted by molar-refractivity contribution is 6.28. The molecule has 2 aromatic carbocycles. The first-order chi connectivity index (χ1) is 12.8. The van der Waals surface area contributed by atoms with Crippen LogP contribution in [-0.2, 0) is 0 Å². The highest BCUT2D eigenvalue weighted by Crippen LogP contribution is 2.29. The van der Waals surface area contributed by atoms with Gasteiger partial charge in [-0.1, -0.05) is 30.3 Å². The number of ketones is 2. The molecule has 0 fully saturated rings. The molecule has 1 aliphatic rings. The fourth-order valence-electron chi connectivity index (χ4n) is 2.52. The van der Waals surface area contributed by atoms with Crippen molar-refractivity contribution in [2.75, 3.05) is 6.54 Å². The highest BCUT2D eigenvalue weighted by atomic mass is 16.3. The van der Waals surface area contributed by atoms with Crippen LogP contribution >= 0.6 is 0 Å². The van der Waals surface area contributed by atoms with E-state index in [-0.39, 0.29) is 11.6 Å². The number of aromatic nitrogens is 4. The van der Waals surface area contributed by atoms with Crippen molar-refractivity contribution in [2.24, 2.45) is 5.73 Å². The van der Waals surface area contributed by atoms with Crippen molar-refractivity contribution < 1.29 is 14.7 Å². The van der Waals surface area contributed by atoms with Gasteiger partial charge in [0, 0.05) is 34.4 Å². The topological polar surface area (TPSA) is 135 Å². The summed E-state index contributed by atoms with van der Waals surface area (Å²) in [7, 11) is 0. The number of benzene rings is 2. The van der Waals surface area contributed by atoms with Crippen molar-refractivity contribution >= 4 is 11.6 Å². The van der Waals surface area contributed by atoms with Crippen LogP contribution in [0.15, 0.2) is 42.5 Å². The molecule has 4 N–H and O–H groups in total. The molecular formula is C19H19N5O3. The van der Waals surface area contributed by atoms with Crippen LogP contribution < -0.4 is 5.73 Å². The van der Waals surface area contributed by atoms with E-state index in [0.29, 0.717) is 40.2 Å². The third-order valence-corrected chi connectivity index (χ3v) is 4.03. The Bertz CT molecular complexity index is 991. The number of hydrogen-bond donors (Lipinski definition) is 3. The van der Waals surface area contributed by atoms with E-state index in [1.807, 2.05) is 0 Å². The zero-order valence-electron chi connectivity index (χ0n) is 14.9. The van der Waals surface area contributed by atoms with Gasteiger partial charge in [0.15, 0.2) is 11.6 Å². The lowest BCUT2D eigenvalue weighted by Gasteiger charge is -2.17. The maximum absolute atomic E-state index is 12.6. The Morgan fingerprint density at radius 1 is 1.00 bits per heavy atom. The molecule has 1 heterocycles. The molecule has 0 saturated carbocycles. The fourth-order valence-corrected chi connectivity index (χ4v) is 2.52. The maximum atomic E-state index is 12.6. The largest absolute Gasteiger partial charge is 0.389 e. The van der Waals surface area contributed by atoms with Gasteiger partial charge in [0.1, 0.15) is 0 Å². The smallest absolute Gasteiger partial charge is 0.204 e. The summed E-state index contributed by atoms with van der Waals surface area (Å²) in [5, 5.41) is 22.3. The van der Waals surface area contributed by atoms with E-state index in [4.69, 9.17) is 10.8 Å². The van der Waals surface area contributed by atoms with E-state index in [1.54, 1.807) is 56.3 Å². The zero-order valence-corrected chi connectivity index (χ0v) is 14.9. The molecule has 0 amide bonds. The van der Waals surface area contributed by atoms with Gasteiger partial charge in [-0.05, 0) is 31.2 Å². The predicted molar refractivity (Wildman–Crippen MR) is 98.3 cm³/mol. The predicted octanol–water partition coefficient (Wildman–Crippen LogP) is 1.36. The van der Waals surface area contributed by atoms with Crippen molar-refractivity contribution in [1.29, 1.82) is 0 Å². The SMILES string of the molecule is CC(C)(O)CN.O=C1c2ccccc2C(=O)c2cc(-c3nn[nH]n3)ccc21. The third-order valence-electron chi connectivity index (χ3n) is 4.03. The lowest BCUT2D eigenvalue weighted by molar-refractivity contribution is 0.0898. The van der Waals surface area contributed by atoms with E-state index < -0.39 is 5.60 Å². The number of rotatable bonds is 2. The Labute approximate surface area is 155 Å². The minimum absolute atomic E-state index is 0.139. The molecule has 8 nitrogen and oxygen atoms in total. The number of aliphatic hydroxyl groups is 1. The molecule has 0 spiro atoms. The molecule has 0 unspecified atom stereocenters. The summed E-state index contributed by atoms with van der Waals surface area (Å²) >= 11 is 0. The third kappa shape index (κ3) is 3.81. The maximum Gasteiger partial charge on any atom is 0.204 e. The van der Waals surface area contributed by atoms with E-state index in [9.17, 15) is 9.59 Å². The van der Waals surface area contributed by atoms with Gasteiger partial charge >= 0.3 is 0 Å². The Kier molecular flexibility index (Phi) is 4.93. The molecule has 0 saturated heterocycles. The number of nitrogens with one attached hydrogen (secondary N) is 1. The number of carbonyl (C=O) groups is 2. The van der Waals surface area contributed by atoms with Gasteiger partial charge < -0.3 is 10.8 Å². The summed E-state index contributed by atoms with van der Waals surface area (Å²) in [6, 6.07) is 11.8. The highest BCUT2D eigenvalue weighted by Gasteiger charge is 2.29. The Hall–Kier alpha value is -3.23. The van der Waals surface area contributed by atoms with E-state index in [1.165, 1.54) is 0 Å². The summed E-state index contributed by atoms with van der Waals surface area (Å²) in [6.45, 7) is 3.67. The van der Waals surface area contributed by atoms with Gasteiger partial charge in [0.2, 0.25) is 5.82 Å². The standard InChI is InChI=1S/C15H8N4O2.C4H11NO/c20-13-9-3-1-2-4-10(9)14(21)12-7-8(5-6-11(12)13)15-16-18-19-17-15;1-4(2,6)3-5/h1-7H,(H,16,17,18,19);6H,3,5H2,1-2H3. The molecule has 0 aliphatic heterocycles. The first kappa shape index (κ1) is 18.6. The van der Waals surface area contributed by atoms with Crippen molar-refractivity contribution in [1.82, 2.24) is 20.6 Å². The normalized spacial score (nSPS) is 12.7. The van der Waals surface area contributed by atoms with E-state index in [0.717, 1.165) is 0 Å². The van der Waals surface area contributed by atoms with Gasteiger partial charge in [0.25, 0.3) is 0 Å². The van der Waals surface area contributed by atoms with Crippen LogP contribution in [0.5, 0.6) is 0 Å². The van der Waals surface area contributed by atoms with Crippen LogP contribution in [0.1, 0.15) is 45.7 Å². The van der Waals surface area contributed by atoms with Gasteiger partial charge in [-0.15, -0.1) is 10.2 Å². The van der Waals surface area contributed by atoms with E-state index in [2.05, 4.69) is 20.6 Å². The van der Waals surface area contributed by atoms with Crippen molar-refractivity contribution in [3.8, 4) is 11.4 Å². The molecule has 3 aromatic rings. The van der Waals surface area contributed by atoms with Gasteiger partial charge in [-0.25, -0.2) is 0 Å². The van der Waals surface area contributed by atoms with Gasteiger partial charge in [-0.3, -0.25) is 9.59 Å². The summed E-state index contributed by atoms with van der Waals surface area (Å²) in [5.74, 6) is 0.0855. The fraction of sp³-hybridized carbons (Fsp3) is 0.211. The minimum atomic E-state index is -0.681. The molecule has 0 radical (unpaired) electrons. The molecule has 27 heavy (non-hydrogen) atoms. The molecule has 1 aliphatic carbocycles. The number of carbonyl (C=O) groups excluding carboxylic acids is 2. The second-order valence-corrected chi connectivity index (χ2v) is 6.72. The molecule has 1 aromatic heterocycles. The lowest BCUT2D eigenvalue weighted by Crippen LogP contribution is -2.29. The molecular weight excluding hydrogens is 346 g/mol. The van der Waals surface area contributed by atoms with Crippen LogP contribution in [0.25, 0.3) is 11.4 Å². The lowest BCUT2D eigenvalue weighted by atomic mass is 9.83. The number of hydrogen-bond acceptors (Lipinski definition) is 7. The zero-order chi connectivity index (χ0) is 19.6. The molecule has 0 atom stereocenters. The van der Waals surface area contributed by atoms with Crippen LogP contribution in [0.2, 0.25) is 0 Å². The quantitative estimate of drug-likeness (QED) is 0.488. The average Bonchev–Trinajstić information content (AvgIpc) is 3.20. The Morgan fingerprint density at radius 3 is 2.07 bits per heavy atom. The molecule has 0 bridgehead atoms. The van der Waals surface area contributed by atoms with Crippen molar-refractivity contribution in [3.05, 3.63) is 64.7 Å². The average molecular weight is 365 g/mol. The summed E-state index contributed by atoms with van der Waals surface area (Å²) < 4.78 is 0. The van der Waals surface area contributed by atoms with Gasteiger partial charge in [-0.2, -0.15) is 5.21 Å². The van der Waals surface area contributed by atoms with Gasteiger partial charge in [0.05, 0.1) is 5.60 Å². The molecule has 138 valence electrons. The first-order valence-corrected chi connectivity index (χ1v) is 8.30. The van der Waals surface area contributed by atoms with Crippen molar-refractivity contribution in [2.45, 2.75) is 19.4 Å². The van der Waals surface area contributed by atoms with Crippen LogP contribution in [0.4, 0.5) is 0 Å². The number of aromatic amines is 1. The monoisotopic (exact) mass is 365 g/mol. The molecule has 8 heteroatoms. The number of tetrazole rings is 1. The first-order valence-electron chi connectivity index (χ1n) is 8.30. The molecule has 4 rings (SSSR count). The number of H-pyrrole nitrogens is 1.